The van der Waals surface area contributed by atoms with Crippen LogP contribution in [0.3, 0.4) is 0 Å². The quantitative estimate of drug-likeness (QED) is 0.824. The topological polar surface area (TPSA) is 88.5 Å². The molecule has 7 heteroatoms. The third kappa shape index (κ3) is 4.29. The van der Waals surface area contributed by atoms with Crippen molar-refractivity contribution < 1.29 is 19.4 Å². The van der Waals surface area contributed by atoms with E-state index in [4.69, 9.17) is 9.84 Å². The maximum Gasteiger partial charge on any atom is 0.355 e. The fourth-order valence-corrected chi connectivity index (χ4v) is 2.62. The molecule has 0 radical (unpaired) electrons. The molecule has 1 aromatic heterocycles. The molecule has 0 saturated carbocycles. The Morgan fingerprint density at radius 1 is 1.58 bits per heavy atom. The summed E-state index contributed by atoms with van der Waals surface area (Å²) >= 11 is 1.23. The van der Waals surface area contributed by atoms with Crippen molar-refractivity contribution in [3.63, 3.8) is 0 Å². The van der Waals surface area contributed by atoms with E-state index in [9.17, 15) is 9.59 Å². The second-order valence-electron chi connectivity index (χ2n) is 4.38. The minimum Gasteiger partial charge on any atom is -0.476 e. The molecule has 0 bridgehead atoms. The van der Waals surface area contributed by atoms with E-state index in [1.165, 1.54) is 16.7 Å². The standard InChI is InChI=1S/C12H16N2O4S/c15-10(4-3-8-2-1-5-18-8)13-6-11-14-9(7-19-11)12(16)17/h7-8H,1-6H2,(H,13,15)(H,16,17). The summed E-state index contributed by atoms with van der Waals surface area (Å²) < 4.78 is 5.44. The van der Waals surface area contributed by atoms with E-state index in [-0.39, 0.29) is 24.2 Å². The predicted molar refractivity (Wildman–Crippen MR) is 69.1 cm³/mol. The van der Waals surface area contributed by atoms with Gasteiger partial charge in [-0.15, -0.1) is 11.3 Å². The van der Waals surface area contributed by atoms with Crippen LogP contribution in [0.25, 0.3) is 0 Å². The van der Waals surface area contributed by atoms with E-state index in [2.05, 4.69) is 10.3 Å². The monoisotopic (exact) mass is 284 g/mol. The number of nitrogens with one attached hydrogen (secondary N) is 1. The molecule has 1 fully saturated rings. The van der Waals surface area contributed by atoms with Crippen molar-refractivity contribution in [1.29, 1.82) is 0 Å². The molecule has 2 heterocycles. The van der Waals surface area contributed by atoms with Gasteiger partial charge in [0.1, 0.15) is 5.01 Å². The number of amides is 1. The van der Waals surface area contributed by atoms with Crippen LogP contribution in [-0.2, 0) is 16.1 Å². The highest BCUT2D eigenvalue weighted by Crippen LogP contribution is 2.16. The van der Waals surface area contributed by atoms with Gasteiger partial charge in [-0.1, -0.05) is 0 Å². The normalized spacial score (nSPS) is 18.4. The fourth-order valence-electron chi connectivity index (χ4n) is 1.92. The van der Waals surface area contributed by atoms with Gasteiger partial charge in [0.25, 0.3) is 0 Å². The largest absolute Gasteiger partial charge is 0.476 e. The molecule has 2 N–H and O–H groups in total. The Morgan fingerprint density at radius 2 is 2.42 bits per heavy atom. The van der Waals surface area contributed by atoms with Crippen molar-refractivity contribution in [2.24, 2.45) is 0 Å². The average molecular weight is 284 g/mol. The van der Waals surface area contributed by atoms with Gasteiger partial charge in [0.15, 0.2) is 5.69 Å². The molecule has 19 heavy (non-hydrogen) atoms. The second-order valence-corrected chi connectivity index (χ2v) is 5.32. The first-order chi connectivity index (χ1) is 9.15. The number of hydrogen-bond donors (Lipinski definition) is 2. The van der Waals surface area contributed by atoms with Crippen molar-refractivity contribution in [1.82, 2.24) is 10.3 Å². The van der Waals surface area contributed by atoms with E-state index < -0.39 is 5.97 Å². The van der Waals surface area contributed by atoms with E-state index in [1.54, 1.807) is 0 Å². The number of thiazole rings is 1. The average Bonchev–Trinajstić information content (AvgIpc) is 3.05. The van der Waals surface area contributed by atoms with Gasteiger partial charge in [-0.3, -0.25) is 4.79 Å². The van der Waals surface area contributed by atoms with Crippen LogP contribution in [0.4, 0.5) is 0 Å². The van der Waals surface area contributed by atoms with Crippen LogP contribution >= 0.6 is 11.3 Å². The van der Waals surface area contributed by atoms with E-state index >= 15 is 0 Å². The number of carbonyl (C=O) groups excluding carboxylic acids is 1. The molecule has 0 aromatic carbocycles. The summed E-state index contributed by atoms with van der Waals surface area (Å²) in [5.74, 6) is -1.10. The van der Waals surface area contributed by atoms with Gasteiger partial charge < -0.3 is 15.2 Å². The molecule has 1 aliphatic heterocycles. The minimum atomic E-state index is -1.05. The van der Waals surface area contributed by atoms with Crippen LogP contribution in [0.1, 0.15) is 41.2 Å². The van der Waals surface area contributed by atoms with Gasteiger partial charge >= 0.3 is 5.97 Å². The molecule has 0 spiro atoms. The van der Waals surface area contributed by atoms with Crippen LogP contribution in [0.5, 0.6) is 0 Å². The molecular weight excluding hydrogens is 268 g/mol. The van der Waals surface area contributed by atoms with Crippen LogP contribution < -0.4 is 5.32 Å². The summed E-state index contributed by atoms with van der Waals surface area (Å²) in [5, 5.41) is 13.5. The lowest BCUT2D eigenvalue weighted by molar-refractivity contribution is -0.121. The number of carbonyl (C=O) groups is 2. The molecule has 6 nitrogen and oxygen atoms in total. The predicted octanol–water partition coefficient (Wildman–Crippen LogP) is 1.42. The molecule has 0 aliphatic carbocycles. The van der Waals surface area contributed by atoms with Gasteiger partial charge in [0.05, 0.1) is 12.6 Å². The van der Waals surface area contributed by atoms with Crippen LogP contribution in [0, 0.1) is 0 Å². The van der Waals surface area contributed by atoms with E-state index in [0.29, 0.717) is 11.4 Å². The number of nitrogens with zero attached hydrogens (tertiary/aromatic N) is 1. The van der Waals surface area contributed by atoms with Crippen LogP contribution in [0.15, 0.2) is 5.38 Å². The highest BCUT2D eigenvalue weighted by atomic mass is 32.1. The smallest absolute Gasteiger partial charge is 0.355 e. The Labute approximate surface area is 114 Å². The SMILES string of the molecule is O=C(CCC1CCCO1)NCc1nc(C(=O)O)cs1. The number of rotatable bonds is 6. The number of carboxylic acid groups (broad SMARTS) is 1. The third-order valence-electron chi connectivity index (χ3n) is 2.93. The highest BCUT2D eigenvalue weighted by Gasteiger charge is 2.16. The van der Waals surface area contributed by atoms with E-state index in [0.717, 1.165) is 25.9 Å². The summed E-state index contributed by atoms with van der Waals surface area (Å²) in [6.07, 6.45) is 3.49. The maximum absolute atomic E-state index is 11.6. The van der Waals surface area contributed by atoms with Gasteiger partial charge in [-0.25, -0.2) is 9.78 Å². The molecule has 104 valence electrons. The Hall–Kier alpha value is -1.47. The summed E-state index contributed by atoms with van der Waals surface area (Å²) in [6.45, 7) is 1.08. The number of aromatic carboxylic acids is 1. The first kappa shape index (κ1) is 14.0. The Balaban J connectivity index is 1.68. The molecule has 1 aromatic rings. The van der Waals surface area contributed by atoms with Crippen molar-refractivity contribution in [2.75, 3.05) is 6.61 Å². The number of carboxylic acids is 1. The Bertz CT molecular complexity index is 454. The van der Waals surface area contributed by atoms with Gasteiger partial charge in [0, 0.05) is 18.4 Å². The van der Waals surface area contributed by atoms with E-state index in [1.807, 2.05) is 0 Å². The molecule has 2 rings (SSSR count). The second kappa shape index (κ2) is 6.63. The Kier molecular flexibility index (Phi) is 4.86. The molecule has 1 unspecified atom stereocenters. The minimum absolute atomic E-state index is 0.0219. The van der Waals surface area contributed by atoms with Gasteiger partial charge in [-0.05, 0) is 19.3 Å². The zero-order valence-electron chi connectivity index (χ0n) is 10.4. The lowest BCUT2D eigenvalue weighted by Gasteiger charge is -2.08. The molecule has 1 atom stereocenters. The number of hydrogen-bond acceptors (Lipinski definition) is 5. The first-order valence-electron chi connectivity index (χ1n) is 6.21. The summed E-state index contributed by atoms with van der Waals surface area (Å²) in [4.78, 5) is 26.2. The number of ether oxygens (including phenoxy) is 1. The number of aromatic nitrogens is 1. The van der Waals surface area contributed by atoms with Crippen LogP contribution in [-0.4, -0.2) is 34.7 Å². The van der Waals surface area contributed by atoms with Gasteiger partial charge in [-0.2, -0.15) is 0 Å². The zero-order chi connectivity index (χ0) is 13.7. The molecular formula is C12H16N2O4S. The van der Waals surface area contributed by atoms with Crippen molar-refractivity contribution in [3.8, 4) is 0 Å². The first-order valence-corrected chi connectivity index (χ1v) is 7.09. The third-order valence-corrected chi connectivity index (χ3v) is 3.77. The maximum atomic E-state index is 11.6. The fraction of sp³-hybridized carbons (Fsp3) is 0.583. The summed E-state index contributed by atoms with van der Waals surface area (Å²) in [5.41, 5.74) is 0.0219. The lowest BCUT2D eigenvalue weighted by atomic mass is 10.1. The van der Waals surface area contributed by atoms with Crippen LogP contribution in [0.2, 0.25) is 0 Å². The Morgan fingerprint density at radius 3 is 3.05 bits per heavy atom. The van der Waals surface area contributed by atoms with Crippen molar-refractivity contribution in [2.45, 2.75) is 38.3 Å². The lowest BCUT2D eigenvalue weighted by Crippen LogP contribution is -2.23. The summed E-state index contributed by atoms with van der Waals surface area (Å²) in [7, 11) is 0. The highest BCUT2D eigenvalue weighted by molar-refractivity contribution is 7.09. The molecule has 1 aliphatic rings. The van der Waals surface area contributed by atoms with Crippen molar-refractivity contribution >= 4 is 23.2 Å². The van der Waals surface area contributed by atoms with Gasteiger partial charge in [0.2, 0.25) is 5.91 Å². The zero-order valence-corrected chi connectivity index (χ0v) is 11.2. The molecule has 1 saturated heterocycles. The summed E-state index contributed by atoms with van der Waals surface area (Å²) in [6, 6.07) is 0. The molecule has 1 amide bonds. The van der Waals surface area contributed by atoms with Crippen molar-refractivity contribution in [3.05, 3.63) is 16.1 Å².